The van der Waals surface area contributed by atoms with Crippen LogP contribution in [0.25, 0.3) is 0 Å². The van der Waals surface area contributed by atoms with E-state index >= 15 is 0 Å². The van der Waals surface area contributed by atoms with Crippen LogP contribution in [0.2, 0.25) is 0 Å². The average Bonchev–Trinajstić information content (AvgIpc) is 3.28. The van der Waals surface area contributed by atoms with E-state index in [9.17, 15) is 4.79 Å². The van der Waals surface area contributed by atoms with Crippen molar-refractivity contribution in [3.63, 3.8) is 0 Å². The Kier molecular flexibility index (Phi) is 7.49. The third-order valence-electron chi connectivity index (χ3n) is 5.60. The minimum absolute atomic E-state index is 0.247. The molecule has 1 aliphatic rings. The Morgan fingerprint density at radius 2 is 2.04 bits per heavy atom. The molecule has 1 aliphatic heterocycles. The molecule has 1 saturated heterocycles. The van der Waals surface area contributed by atoms with Crippen LogP contribution in [0.5, 0.6) is 0 Å². The molecule has 154 valence electrons. The minimum Gasteiger partial charge on any atom is -0.378 e. The largest absolute Gasteiger partial charge is 0.378 e. The van der Waals surface area contributed by atoms with Gasteiger partial charge in [0.25, 0.3) is 0 Å². The number of Topliss-reactive ketones (excluding diaryl/α,β-unsaturated/α-hetero) is 1. The van der Waals surface area contributed by atoms with Gasteiger partial charge in [0.15, 0.2) is 5.78 Å². The SMILES string of the molecule is Cc1cc(C(=O)CN2CCC(OCC(C)C)CC2)c(C)n1CCc1cccs1. The van der Waals surface area contributed by atoms with E-state index in [-0.39, 0.29) is 5.78 Å². The van der Waals surface area contributed by atoms with Gasteiger partial charge in [0.1, 0.15) is 0 Å². The van der Waals surface area contributed by atoms with Crippen LogP contribution < -0.4 is 0 Å². The topological polar surface area (TPSA) is 34.5 Å². The highest BCUT2D eigenvalue weighted by molar-refractivity contribution is 7.09. The molecular formula is C23H34N2O2S. The zero-order valence-corrected chi connectivity index (χ0v) is 18.6. The summed E-state index contributed by atoms with van der Waals surface area (Å²) in [6.07, 6.45) is 3.43. The summed E-state index contributed by atoms with van der Waals surface area (Å²) in [5.74, 6) is 0.826. The molecule has 0 unspecified atom stereocenters. The number of piperidine rings is 1. The van der Waals surface area contributed by atoms with E-state index in [1.54, 1.807) is 11.3 Å². The van der Waals surface area contributed by atoms with E-state index in [0.717, 1.165) is 56.8 Å². The van der Waals surface area contributed by atoms with Crippen molar-refractivity contribution in [2.75, 3.05) is 26.2 Å². The quantitative estimate of drug-likeness (QED) is 0.569. The standard InChI is InChI=1S/C23H34N2O2S/c1-17(2)16-27-20-7-10-24(11-8-20)15-23(26)22-14-18(3)25(19(22)4)12-9-21-6-5-13-28-21/h5-6,13-14,17,20H,7-12,15-16H2,1-4H3. The normalized spacial score (nSPS) is 16.2. The summed E-state index contributed by atoms with van der Waals surface area (Å²) in [4.78, 5) is 16.6. The van der Waals surface area contributed by atoms with Gasteiger partial charge in [-0.25, -0.2) is 0 Å². The first-order valence-corrected chi connectivity index (χ1v) is 11.4. The number of aromatic nitrogens is 1. The van der Waals surface area contributed by atoms with Crippen LogP contribution in [0.1, 0.15) is 53.3 Å². The fourth-order valence-electron chi connectivity index (χ4n) is 3.96. The number of carbonyl (C=O) groups excluding carboxylic acids is 1. The molecule has 0 aliphatic carbocycles. The zero-order valence-electron chi connectivity index (χ0n) is 17.7. The molecule has 3 rings (SSSR count). The van der Waals surface area contributed by atoms with Gasteiger partial charge in [0.05, 0.1) is 12.6 Å². The van der Waals surface area contributed by atoms with Crippen LogP contribution in [0.15, 0.2) is 23.6 Å². The monoisotopic (exact) mass is 402 g/mol. The first-order chi connectivity index (χ1) is 13.4. The second-order valence-electron chi connectivity index (χ2n) is 8.39. The Bertz CT molecular complexity index is 756. The lowest BCUT2D eigenvalue weighted by Crippen LogP contribution is -2.40. The van der Waals surface area contributed by atoms with Gasteiger partial charge in [-0.15, -0.1) is 11.3 Å². The van der Waals surface area contributed by atoms with Crippen molar-refractivity contribution < 1.29 is 9.53 Å². The van der Waals surface area contributed by atoms with E-state index < -0.39 is 0 Å². The minimum atomic E-state index is 0.247. The van der Waals surface area contributed by atoms with E-state index in [1.165, 1.54) is 10.6 Å². The lowest BCUT2D eigenvalue weighted by atomic mass is 10.1. The molecule has 4 nitrogen and oxygen atoms in total. The van der Waals surface area contributed by atoms with E-state index in [4.69, 9.17) is 4.74 Å². The first kappa shape index (κ1) is 21.3. The van der Waals surface area contributed by atoms with Crippen molar-refractivity contribution in [3.8, 4) is 0 Å². The number of likely N-dealkylation sites (tertiary alicyclic amines) is 1. The number of thiophene rings is 1. The van der Waals surface area contributed by atoms with Gasteiger partial charge in [0.2, 0.25) is 0 Å². The van der Waals surface area contributed by atoms with Gasteiger partial charge in [-0.2, -0.15) is 0 Å². The number of carbonyl (C=O) groups is 1. The van der Waals surface area contributed by atoms with Crippen molar-refractivity contribution in [1.29, 1.82) is 0 Å². The smallest absolute Gasteiger partial charge is 0.178 e. The summed E-state index contributed by atoms with van der Waals surface area (Å²) >= 11 is 1.80. The second-order valence-corrected chi connectivity index (χ2v) is 9.42. The molecule has 28 heavy (non-hydrogen) atoms. The van der Waals surface area contributed by atoms with Gasteiger partial charge in [-0.3, -0.25) is 9.69 Å². The molecular weight excluding hydrogens is 368 g/mol. The van der Waals surface area contributed by atoms with Gasteiger partial charge < -0.3 is 9.30 Å². The van der Waals surface area contributed by atoms with Gasteiger partial charge >= 0.3 is 0 Å². The molecule has 0 spiro atoms. The molecule has 0 radical (unpaired) electrons. The molecule has 0 aromatic carbocycles. The number of hydrogen-bond donors (Lipinski definition) is 0. The molecule has 2 aromatic heterocycles. The fraction of sp³-hybridized carbons (Fsp3) is 0.609. The maximum atomic E-state index is 12.9. The molecule has 3 heterocycles. The molecule has 0 amide bonds. The maximum absolute atomic E-state index is 12.9. The van der Waals surface area contributed by atoms with Crippen molar-refractivity contribution in [2.24, 2.45) is 5.92 Å². The number of aryl methyl sites for hydroxylation is 2. The van der Waals surface area contributed by atoms with Gasteiger partial charge in [-0.05, 0) is 56.5 Å². The highest BCUT2D eigenvalue weighted by Crippen LogP contribution is 2.20. The summed E-state index contributed by atoms with van der Waals surface area (Å²) in [5, 5.41) is 2.12. The number of ether oxygens (including phenoxy) is 1. The number of ketones is 1. The number of nitrogens with zero attached hydrogens (tertiary/aromatic N) is 2. The summed E-state index contributed by atoms with van der Waals surface area (Å²) in [6, 6.07) is 6.35. The van der Waals surface area contributed by atoms with Crippen LogP contribution in [0.4, 0.5) is 0 Å². The average molecular weight is 403 g/mol. The Labute approximate surface area is 173 Å². The van der Waals surface area contributed by atoms with Gasteiger partial charge in [0, 0.05) is 48.1 Å². The Hall–Kier alpha value is -1.43. The fourth-order valence-corrected chi connectivity index (χ4v) is 4.65. The third kappa shape index (κ3) is 5.56. The molecule has 0 N–H and O–H groups in total. The van der Waals surface area contributed by atoms with E-state index in [0.29, 0.717) is 18.6 Å². The van der Waals surface area contributed by atoms with Crippen LogP contribution in [0, 0.1) is 19.8 Å². The second kappa shape index (κ2) is 9.86. The van der Waals surface area contributed by atoms with E-state index in [1.807, 2.05) is 0 Å². The molecule has 0 atom stereocenters. The summed E-state index contributed by atoms with van der Waals surface area (Å²) in [7, 11) is 0. The van der Waals surface area contributed by atoms with Crippen LogP contribution in [-0.2, 0) is 17.7 Å². The maximum Gasteiger partial charge on any atom is 0.178 e. The lowest BCUT2D eigenvalue weighted by Gasteiger charge is -2.31. The Morgan fingerprint density at radius 3 is 2.68 bits per heavy atom. The Balaban J connectivity index is 1.53. The first-order valence-electron chi connectivity index (χ1n) is 10.5. The van der Waals surface area contributed by atoms with E-state index in [2.05, 4.69) is 60.7 Å². The predicted molar refractivity (Wildman–Crippen MR) is 117 cm³/mol. The predicted octanol–water partition coefficient (Wildman–Crippen LogP) is 4.73. The molecule has 0 bridgehead atoms. The van der Waals surface area contributed by atoms with Crippen molar-refractivity contribution in [1.82, 2.24) is 9.47 Å². The van der Waals surface area contributed by atoms with Crippen molar-refractivity contribution >= 4 is 17.1 Å². The number of hydrogen-bond acceptors (Lipinski definition) is 4. The summed E-state index contributed by atoms with van der Waals surface area (Å²) in [5.41, 5.74) is 3.18. The zero-order chi connectivity index (χ0) is 20.1. The summed E-state index contributed by atoms with van der Waals surface area (Å²) < 4.78 is 8.25. The Morgan fingerprint density at radius 1 is 1.29 bits per heavy atom. The molecule has 1 fully saturated rings. The van der Waals surface area contributed by atoms with Crippen LogP contribution in [-0.4, -0.2) is 47.6 Å². The highest BCUT2D eigenvalue weighted by Gasteiger charge is 2.23. The molecule has 5 heteroatoms. The summed E-state index contributed by atoms with van der Waals surface area (Å²) in [6.45, 7) is 12.8. The van der Waals surface area contributed by atoms with Crippen LogP contribution >= 0.6 is 11.3 Å². The van der Waals surface area contributed by atoms with Crippen LogP contribution in [0.3, 0.4) is 0 Å². The lowest BCUT2D eigenvalue weighted by molar-refractivity contribution is -0.00362. The molecule has 0 saturated carbocycles. The third-order valence-corrected chi connectivity index (χ3v) is 6.54. The highest BCUT2D eigenvalue weighted by atomic mass is 32.1. The molecule has 2 aromatic rings. The van der Waals surface area contributed by atoms with Gasteiger partial charge in [-0.1, -0.05) is 19.9 Å². The van der Waals surface area contributed by atoms with Crippen molar-refractivity contribution in [3.05, 3.63) is 45.4 Å². The van der Waals surface area contributed by atoms with Crippen molar-refractivity contribution in [2.45, 2.75) is 59.6 Å². The number of rotatable bonds is 9.